The molecule has 4 N–H and O–H groups in total. The molecule has 0 aliphatic carbocycles. The zero-order valence-corrected chi connectivity index (χ0v) is 9.68. The van der Waals surface area contributed by atoms with Crippen molar-refractivity contribution < 1.29 is 22.7 Å². The Morgan fingerprint density at radius 1 is 1.17 bits per heavy atom. The molecule has 0 bridgehead atoms. The highest BCUT2D eigenvalue weighted by Crippen LogP contribution is 2.14. The molecular weight excluding hydrogens is 257 g/mol. The fourth-order valence-electron chi connectivity index (χ4n) is 0.744. The lowest BCUT2D eigenvalue weighted by atomic mass is 10.8. The summed E-state index contributed by atoms with van der Waals surface area (Å²) in [6, 6.07) is 0. The number of methoxy groups -OCH3 is 1. The topological polar surface area (TPSA) is 112 Å². The number of hydroxylamine groups is 1. The van der Waals surface area contributed by atoms with Crippen LogP contribution in [0.1, 0.15) is 0 Å². The average Bonchev–Trinajstić information content (AvgIpc) is 2.28. The van der Waals surface area contributed by atoms with Gasteiger partial charge < -0.3 is 16.2 Å². The van der Waals surface area contributed by atoms with Crippen molar-refractivity contribution in [3.8, 4) is 0 Å². The molecule has 0 radical (unpaired) electrons. The van der Waals surface area contributed by atoms with Crippen molar-refractivity contribution >= 4 is 17.8 Å². The summed E-state index contributed by atoms with van der Waals surface area (Å²) in [5.41, 5.74) is 10.4. The van der Waals surface area contributed by atoms with Crippen LogP contribution in [0.25, 0.3) is 0 Å². The Labute approximate surface area is 101 Å². The van der Waals surface area contributed by atoms with Crippen LogP contribution in [-0.4, -0.2) is 42.6 Å². The third-order valence-electron chi connectivity index (χ3n) is 1.34. The SMILES string of the molecule is COCF.CON(c1nc(N)nc(N)n1)C(F)F. The lowest BCUT2D eigenvalue weighted by Crippen LogP contribution is -2.30. The van der Waals surface area contributed by atoms with Crippen LogP contribution in [0.3, 0.4) is 0 Å². The van der Waals surface area contributed by atoms with E-state index < -0.39 is 19.4 Å². The first-order chi connectivity index (χ1) is 8.46. The van der Waals surface area contributed by atoms with E-state index in [1.807, 2.05) is 0 Å². The second-order valence-electron chi connectivity index (χ2n) is 2.54. The standard InChI is InChI=1S/C5H8F2N6O.C2H5FO/c1-14-13(2(6)7)5-11-3(8)10-4(9)12-5;1-4-2-3/h2H,1H3,(H4,8,9,10,11,12);2H2,1H3. The first-order valence-corrected chi connectivity index (χ1v) is 4.39. The van der Waals surface area contributed by atoms with E-state index in [4.69, 9.17) is 11.5 Å². The quantitative estimate of drug-likeness (QED) is 0.588. The smallest absolute Gasteiger partial charge is 0.339 e. The molecule has 8 nitrogen and oxygen atoms in total. The largest absolute Gasteiger partial charge is 0.368 e. The van der Waals surface area contributed by atoms with Crippen molar-refractivity contribution in [3.63, 3.8) is 0 Å². The van der Waals surface area contributed by atoms with Crippen LogP contribution in [0.4, 0.5) is 31.0 Å². The molecule has 0 aliphatic heterocycles. The normalized spacial score (nSPS) is 9.89. The fraction of sp³-hybridized carbons (Fsp3) is 0.571. The predicted octanol–water partition coefficient (Wildman–Crippen LogP) is 0.186. The van der Waals surface area contributed by atoms with Gasteiger partial charge in [-0.25, -0.2) is 4.39 Å². The van der Waals surface area contributed by atoms with Crippen LogP contribution in [0, 0.1) is 0 Å². The molecule has 0 aliphatic rings. The minimum Gasteiger partial charge on any atom is -0.368 e. The third-order valence-corrected chi connectivity index (χ3v) is 1.34. The third kappa shape index (κ3) is 5.45. The highest BCUT2D eigenvalue weighted by molar-refractivity contribution is 5.37. The highest BCUT2D eigenvalue weighted by atomic mass is 19.3. The van der Waals surface area contributed by atoms with Crippen molar-refractivity contribution in [1.82, 2.24) is 15.0 Å². The first-order valence-electron chi connectivity index (χ1n) is 4.39. The number of ether oxygens (including phenoxy) is 1. The molecule has 0 saturated carbocycles. The number of hydrogen-bond donors (Lipinski definition) is 2. The second kappa shape index (κ2) is 8.25. The van der Waals surface area contributed by atoms with E-state index in [0.717, 1.165) is 7.11 Å². The van der Waals surface area contributed by atoms with Gasteiger partial charge in [-0.1, -0.05) is 0 Å². The maximum absolute atomic E-state index is 12.3. The van der Waals surface area contributed by atoms with Crippen LogP contribution in [0.15, 0.2) is 0 Å². The summed E-state index contributed by atoms with van der Waals surface area (Å²) < 4.78 is 38.9. The van der Waals surface area contributed by atoms with Gasteiger partial charge in [0.25, 0.3) is 5.95 Å². The van der Waals surface area contributed by atoms with E-state index in [1.54, 1.807) is 0 Å². The molecule has 1 aromatic rings. The maximum Gasteiger partial charge on any atom is 0.339 e. The van der Waals surface area contributed by atoms with Gasteiger partial charge in [0, 0.05) is 7.11 Å². The molecule has 0 unspecified atom stereocenters. The van der Waals surface area contributed by atoms with Gasteiger partial charge in [0.15, 0.2) is 6.86 Å². The monoisotopic (exact) mass is 270 g/mol. The number of alkyl halides is 3. The lowest BCUT2D eigenvalue weighted by Gasteiger charge is -2.17. The molecule has 0 amide bonds. The van der Waals surface area contributed by atoms with Crippen molar-refractivity contribution in [1.29, 1.82) is 0 Å². The number of aromatic nitrogens is 3. The summed E-state index contributed by atoms with van der Waals surface area (Å²) in [6.45, 7) is -3.60. The summed E-state index contributed by atoms with van der Waals surface area (Å²) >= 11 is 0. The second-order valence-corrected chi connectivity index (χ2v) is 2.54. The summed E-state index contributed by atoms with van der Waals surface area (Å²) in [6.07, 6.45) is 0. The molecule has 0 spiro atoms. The predicted molar refractivity (Wildman–Crippen MR) is 57.1 cm³/mol. The molecular formula is C7H13F3N6O2. The molecule has 1 heterocycles. The van der Waals surface area contributed by atoms with Crippen LogP contribution in [0.2, 0.25) is 0 Å². The molecule has 0 aromatic carbocycles. The van der Waals surface area contributed by atoms with Crippen molar-refractivity contribution in [3.05, 3.63) is 0 Å². The molecule has 0 fully saturated rings. The fourth-order valence-corrected chi connectivity index (χ4v) is 0.744. The van der Waals surface area contributed by atoms with Gasteiger partial charge in [0.05, 0.1) is 7.11 Å². The Hall–Kier alpha value is -1.88. The molecule has 0 atom stereocenters. The van der Waals surface area contributed by atoms with E-state index in [2.05, 4.69) is 24.5 Å². The van der Waals surface area contributed by atoms with E-state index in [1.165, 1.54) is 7.11 Å². The van der Waals surface area contributed by atoms with Crippen LogP contribution >= 0.6 is 0 Å². The van der Waals surface area contributed by atoms with E-state index in [-0.39, 0.29) is 17.0 Å². The number of hydrogen-bond acceptors (Lipinski definition) is 8. The molecule has 18 heavy (non-hydrogen) atoms. The number of nitrogens with two attached hydrogens (primary N) is 2. The number of rotatable bonds is 4. The van der Waals surface area contributed by atoms with Crippen molar-refractivity contribution in [2.45, 2.75) is 6.55 Å². The zero-order chi connectivity index (χ0) is 14.1. The molecule has 1 aromatic heterocycles. The van der Waals surface area contributed by atoms with Gasteiger partial charge in [0.1, 0.15) is 0 Å². The lowest BCUT2D eigenvalue weighted by molar-refractivity contribution is 0.0100. The Morgan fingerprint density at radius 2 is 1.61 bits per heavy atom. The minimum atomic E-state index is -2.92. The van der Waals surface area contributed by atoms with Gasteiger partial charge in [-0.05, 0) is 0 Å². The number of nitrogens with zero attached hydrogens (tertiary/aromatic N) is 4. The Kier molecular flexibility index (Phi) is 7.38. The maximum atomic E-state index is 12.3. The van der Waals surface area contributed by atoms with Crippen LogP contribution in [0.5, 0.6) is 0 Å². The Balaban J connectivity index is 0.000000631. The summed E-state index contributed by atoms with van der Waals surface area (Å²) in [5.74, 6) is -0.946. The Morgan fingerprint density at radius 3 is 1.89 bits per heavy atom. The van der Waals surface area contributed by atoms with Crippen molar-refractivity contribution in [2.24, 2.45) is 0 Å². The number of anilines is 3. The van der Waals surface area contributed by atoms with Gasteiger partial charge in [-0.2, -0.15) is 28.8 Å². The minimum absolute atomic E-state index is 0.161. The highest BCUT2D eigenvalue weighted by Gasteiger charge is 2.20. The molecule has 11 heteroatoms. The summed E-state index contributed by atoms with van der Waals surface area (Å²) in [4.78, 5) is 14.6. The van der Waals surface area contributed by atoms with Crippen molar-refractivity contribution in [2.75, 3.05) is 37.6 Å². The van der Waals surface area contributed by atoms with E-state index >= 15 is 0 Å². The van der Waals surface area contributed by atoms with Gasteiger partial charge in [-0.3, -0.25) is 4.84 Å². The summed E-state index contributed by atoms with van der Waals surface area (Å²) in [7, 11) is 2.35. The van der Waals surface area contributed by atoms with E-state index in [0.29, 0.717) is 0 Å². The Bertz CT molecular complexity index is 334. The average molecular weight is 270 g/mol. The van der Waals surface area contributed by atoms with Gasteiger partial charge in [0.2, 0.25) is 11.9 Å². The zero-order valence-electron chi connectivity index (χ0n) is 9.68. The molecule has 0 saturated heterocycles. The molecule has 104 valence electrons. The molecule has 1 rings (SSSR count). The number of nitrogen functional groups attached to an aromatic ring is 2. The van der Waals surface area contributed by atoms with Crippen LogP contribution in [-0.2, 0) is 9.57 Å². The van der Waals surface area contributed by atoms with Gasteiger partial charge >= 0.3 is 6.55 Å². The van der Waals surface area contributed by atoms with Gasteiger partial charge in [-0.15, -0.1) is 0 Å². The van der Waals surface area contributed by atoms with E-state index in [9.17, 15) is 13.2 Å². The first kappa shape index (κ1) is 16.1. The summed E-state index contributed by atoms with van der Waals surface area (Å²) in [5, 5.41) is 0.161. The van der Waals surface area contributed by atoms with Crippen LogP contribution < -0.4 is 16.5 Å². The number of halogens is 3.